The summed E-state index contributed by atoms with van der Waals surface area (Å²) in [6.07, 6.45) is 5.00. The molecule has 1 saturated heterocycles. The third kappa shape index (κ3) is 4.45. The van der Waals surface area contributed by atoms with E-state index >= 15 is 0 Å². The van der Waals surface area contributed by atoms with Gasteiger partial charge in [-0.05, 0) is 25.5 Å². The molecule has 2 aromatic rings. The molecule has 6 heteroatoms. The van der Waals surface area contributed by atoms with Gasteiger partial charge in [-0.1, -0.05) is 18.2 Å². The Morgan fingerprint density at radius 2 is 1.96 bits per heavy atom. The van der Waals surface area contributed by atoms with Crippen LogP contribution in [0.25, 0.3) is 0 Å². The largest absolute Gasteiger partial charge is 0.340 e. The van der Waals surface area contributed by atoms with Gasteiger partial charge in [0.2, 0.25) is 5.91 Å². The zero-order valence-corrected chi connectivity index (χ0v) is 14.6. The molecule has 1 amide bonds. The van der Waals surface area contributed by atoms with E-state index in [1.807, 2.05) is 40.9 Å². The first-order valence-corrected chi connectivity index (χ1v) is 8.89. The first-order valence-electron chi connectivity index (χ1n) is 8.89. The summed E-state index contributed by atoms with van der Waals surface area (Å²) in [6, 6.07) is 8.84. The minimum Gasteiger partial charge on any atom is -0.340 e. The number of halogens is 1. The van der Waals surface area contributed by atoms with Crippen molar-refractivity contribution < 1.29 is 9.18 Å². The number of benzene rings is 1. The second kappa shape index (κ2) is 8.25. The van der Waals surface area contributed by atoms with Gasteiger partial charge in [-0.15, -0.1) is 0 Å². The number of amides is 1. The predicted molar refractivity (Wildman–Crippen MR) is 94.4 cm³/mol. The van der Waals surface area contributed by atoms with Crippen LogP contribution in [-0.2, 0) is 11.3 Å². The standard InChI is InChI=1S/C19H25FN4O/c1-16(17-6-2-3-7-18(17)20)22-12-14-23(15-13-22)19(25)8-4-10-24-11-5-9-21-24/h2-3,5-7,9,11,16H,4,8,10,12-15H2,1H3. The van der Waals surface area contributed by atoms with Crippen LogP contribution in [0.4, 0.5) is 4.39 Å². The van der Waals surface area contributed by atoms with Crippen LogP contribution in [0.1, 0.15) is 31.4 Å². The summed E-state index contributed by atoms with van der Waals surface area (Å²) in [5.74, 6) is 0.0393. The third-order valence-corrected chi connectivity index (χ3v) is 4.91. The van der Waals surface area contributed by atoms with Crippen LogP contribution in [0.3, 0.4) is 0 Å². The van der Waals surface area contributed by atoms with Gasteiger partial charge in [-0.25, -0.2) is 4.39 Å². The lowest BCUT2D eigenvalue weighted by atomic mass is 10.1. The average molecular weight is 344 g/mol. The monoisotopic (exact) mass is 344 g/mol. The van der Waals surface area contributed by atoms with Crippen LogP contribution in [0.15, 0.2) is 42.7 Å². The molecule has 1 fully saturated rings. The second-order valence-electron chi connectivity index (χ2n) is 6.49. The highest BCUT2D eigenvalue weighted by Gasteiger charge is 2.25. The van der Waals surface area contributed by atoms with Crippen molar-refractivity contribution >= 4 is 5.91 Å². The molecule has 0 aliphatic carbocycles. The van der Waals surface area contributed by atoms with E-state index in [0.717, 1.165) is 31.6 Å². The maximum Gasteiger partial charge on any atom is 0.222 e. The molecule has 0 N–H and O–H groups in total. The highest BCUT2D eigenvalue weighted by Crippen LogP contribution is 2.24. The van der Waals surface area contributed by atoms with Gasteiger partial charge in [0.25, 0.3) is 0 Å². The van der Waals surface area contributed by atoms with Crippen molar-refractivity contribution in [3.05, 3.63) is 54.1 Å². The molecule has 1 aliphatic heterocycles. The van der Waals surface area contributed by atoms with Gasteiger partial charge in [0, 0.05) is 63.1 Å². The maximum absolute atomic E-state index is 14.0. The Kier molecular flexibility index (Phi) is 5.81. The maximum atomic E-state index is 14.0. The van der Waals surface area contributed by atoms with Gasteiger partial charge >= 0.3 is 0 Å². The molecule has 0 saturated carbocycles. The van der Waals surface area contributed by atoms with Crippen LogP contribution in [0.2, 0.25) is 0 Å². The van der Waals surface area contributed by atoms with Crippen LogP contribution in [0, 0.1) is 5.82 Å². The molecule has 1 atom stereocenters. The zero-order chi connectivity index (χ0) is 17.6. The Hall–Kier alpha value is -2.21. The Bertz CT molecular complexity index is 680. The smallest absolute Gasteiger partial charge is 0.222 e. The van der Waals surface area contributed by atoms with E-state index in [9.17, 15) is 9.18 Å². The van der Waals surface area contributed by atoms with Crippen molar-refractivity contribution in [1.29, 1.82) is 0 Å². The van der Waals surface area contributed by atoms with Gasteiger partial charge in [0.1, 0.15) is 5.82 Å². The van der Waals surface area contributed by atoms with E-state index in [4.69, 9.17) is 0 Å². The second-order valence-corrected chi connectivity index (χ2v) is 6.49. The lowest BCUT2D eigenvalue weighted by molar-refractivity contribution is -0.133. The minimum atomic E-state index is -0.160. The Balaban J connectivity index is 1.45. The average Bonchev–Trinajstić information content (AvgIpc) is 3.15. The van der Waals surface area contributed by atoms with Crippen molar-refractivity contribution in [1.82, 2.24) is 19.6 Å². The molecule has 2 heterocycles. The quantitative estimate of drug-likeness (QED) is 0.809. The van der Waals surface area contributed by atoms with E-state index in [2.05, 4.69) is 10.00 Å². The lowest BCUT2D eigenvalue weighted by Gasteiger charge is -2.38. The van der Waals surface area contributed by atoms with Crippen molar-refractivity contribution in [2.75, 3.05) is 26.2 Å². The molecule has 1 aromatic heterocycles. The zero-order valence-electron chi connectivity index (χ0n) is 14.6. The molecule has 3 rings (SSSR count). The summed E-state index contributed by atoms with van der Waals surface area (Å²) in [6.45, 7) is 5.77. The van der Waals surface area contributed by atoms with Gasteiger partial charge in [-0.2, -0.15) is 5.10 Å². The predicted octanol–water partition coefficient (Wildman–Crippen LogP) is 2.71. The lowest BCUT2D eigenvalue weighted by Crippen LogP contribution is -2.49. The number of hydrogen-bond acceptors (Lipinski definition) is 3. The summed E-state index contributed by atoms with van der Waals surface area (Å²) in [5.41, 5.74) is 0.724. The fourth-order valence-electron chi connectivity index (χ4n) is 3.35. The van der Waals surface area contributed by atoms with Crippen molar-refractivity contribution in [3.63, 3.8) is 0 Å². The number of aryl methyl sites for hydroxylation is 1. The van der Waals surface area contributed by atoms with E-state index in [-0.39, 0.29) is 17.8 Å². The summed E-state index contributed by atoms with van der Waals surface area (Å²) < 4.78 is 15.8. The molecular formula is C19H25FN4O. The number of hydrogen-bond donors (Lipinski definition) is 0. The van der Waals surface area contributed by atoms with Crippen molar-refractivity contribution in [2.45, 2.75) is 32.4 Å². The fraction of sp³-hybridized carbons (Fsp3) is 0.474. The molecular weight excluding hydrogens is 319 g/mol. The molecule has 1 aromatic carbocycles. The van der Waals surface area contributed by atoms with Gasteiger partial charge in [0.05, 0.1) is 0 Å². The Morgan fingerprint density at radius 1 is 1.20 bits per heavy atom. The van der Waals surface area contributed by atoms with Crippen LogP contribution >= 0.6 is 0 Å². The van der Waals surface area contributed by atoms with Crippen LogP contribution < -0.4 is 0 Å². The summed E-state index contributed by atoms with van der Waals surface area (Å²) in [4.78, 5) is 16.5. The van der Waals surface area contributed by atoms with Gasteiger partial charge < -0.3 is 4.90 Å². The van der Waals surface area contributed by atoms with E-state index in [1.54, 1.807) is 12.3 Å². The van der Waals surface area contributed by atoms with Gasteiger partial charge in [0.15, 0.2) is 0 Å². The Morgan fingerprint density at radius 3 is 2.64 bits per heavy atom. The number of carbonyl (C=O) groups excluding carboxylic acids is 1. The highest BCUT2D eigenvalue weighted by molar-refractivity contribution is 5.76. The molecule has 134 valence electrons. The van der Waals surface area contributed by atoms with E-state index < -0.39 is 0 Å². The fourth-order valence-corrected chi connectivity index (χ4v) is 3.35. The molecule has 0 spiro atoms. The summed E-state index contributed by atoms with van der Waals surface area (Å²) in [5, 5.41) is 4.15. The molecule has 1 unspecified atom stereocenters. The molecule has 1 aliphatic rings. The third-order valence-electron chi connectivity index (χ3n) is 4.91. The van der Waals surface area contributed by atoms with Crippen molar-refractivity contribution in [3.8, 4) is 0 Å². The van der Waals surface area contributed by atoms with Crippen LogP contribution in [-0.4, -0.2) is 51.7 Å². The highest BCUT2D eigenvalue weighted by atomic mass is 19.1. The first-order chi connectivity index (χ1) is 12.1. The summed E-state index contributed by atoms with van der Waals surface area (Å²) >= 11 is 0. The van der Waals surface area contributed by atoms with Crippen molar-refractivity contribution in [2.24, 2.45) is 0 Å². The molecule has 0 bridgehead atoms. The minimum absolute atomic E-state index is 0.0262. The topological polar surface area (TPSA) is 41.4 Å². The molecule has 25 heavy (non-hydrogen) atoms. The first kappa shape index (κ1) is 17.6. The molecule has 5 nitrogen and oxygen atoms in total. The van der Waals surface area contributed by atoms with E-state index in [0.29, 0.717) is 19.5 Å². The van der Waals surface area contributed by atoms with Gasteiger partial charge in [-0.3, -0.25) is 14.4 Å². The number of aromatic nitrogens is 2. The summed E-state index contributed by atoms with van der Waals surface area (Å²) in [7, 11) is 0. The number of nitrogens with zero attached hydrogens (tertiary/aromatic N) is 4. The number of piperazine rings is 1. The van der Waals surface area contributed by atoms with Crippen LogP contribution in [0.5, 0.6) is 0 Å². The normalized spacial score (nSPS) is 16.8. The number of carbonyl (C=O) groups is 1. The molecule has 0 radical (unpaired) electrons. The Labute approximate surface area is 148 Å². The number of rotatable bonds is 6. The SMILES string of the molecule is CC(c1ccccc1F)N1CCN(C(=O)CCCn2cccn2)CC1. The van der Waals surface area contributed by atoms with E-state index in [1.165, 1.54) is 6.07 Å².